The van der Waals surface area contributed by atoms with Crippen LogP contribution >= 0.6 is 0 Å². The SMILES string of the molecule is CC(C)C(=O)NCCNC1CCOC1C. The number of amides is 1. The molecule has 2 N–H and O–H groups in total. The Kier molecular flexibility index (Phi) is 5.05. The Morgan fingerprint density at radius 1 is 1.47 bits per heavy atom. The third kappa shape index (κ3) is 4.18. The first-order valence-electron chi connectivity index (χ1n) is 5.74. The molecule has 0 saturated carbocycles. The Hall–Kier alpha value is -0.610. The molecule has 1 aliphatic heterocycles. The third-order valence-corrected chi connectivity index (χ3v) is 2.73. The van der Waals surface area contributed by atoms with Gasteiger partial charge in [-0.25, -0.2) is 0 Å². The summed E-state index contributed by atoms with van der Waals surface area (Å²) >= 11 is 0. The van der Waals surface area contributed by atoms with E-state index in [9.17, 15) is 4.79 Å². The fraction of sp³-hybridized carbons (Fsp3) is 0.909. The number of carbonyl (C=O) groups excluding carboxylic acids is 1. The van der Waals surface area contributed by atoms with Crippen molar-refractivity contribution in [1.82, 2.24) is 10.6 Å². The Morgan fingerprint density at radius 3 is 2.73 bits per heavy atom. The smallest absolute Gasteiger partial charge is 0.222 e. The molecule has 88 valence electrons. The van der Waals surface area contributed by atoms with E-state index in [2.05, 4.69) is 17.6 Å². The van der Waals surface area contributed by atoms with E-state index in [4.69, 9.17) is 4.74 Å². The molecule has 1 amide bonds. The Balaban J connectivity index is 2.04. The molecule has 2 atom stereocenters. The summed E-state index contributed by atoms with van der Waals surface area (Å²) in [5, 5.41) is 6.26. The van der Waals surface area contributed by atoms with Gasteiger partial charge in [0.15, 0.2) is 0 Å². The standard InChI is InChI=1S/C11H22N2O2/c1-8(2)11(14)13-6-5-12-10-4-7-15-9(10)3/h8-10,12H,4-7H2,1-3H3,(H,13,14). The highest BCUT2D eigenvalue weighted by Crippen LogP contribution is 2.11. The van der Waals surface area contributed by atoms with Crippen LogP contribution in [0.3, 0.4) is 0 Å². The topological polar surface area (TPSA) is 50.4 Å². The van der Waals surface area contributed by atoms with E-state index in [0.717, 1.165) is 19.6 Å². The van der Waals surface area contributed by atoms with Gasteiger partial charge >= 0.3 is 0 Å². The molecular weight excluding hydrogens is 192 g/mol. The van der Waals surface area contributed by atoms with E-state index in [1.54, 1.807) is 0 Å². The summed E-state index contributed by atoms with van der Waals surface area (Å²) in [6, 6.07) is 0.445. The van der Waals surface area contributed by atoms with Crippen LogP contribution in [0.5, 0.6) is 0 Å². The average molecular weight is 214 g/mol. The largest absolute Gasteiger partial charge is 0.377 e. The molecular formula is C11H22N2O2. The van der Waals surface area contributed by atoms with Gasteiger partial charge in [-0.15, -0.1) is 0 Å². The lowest BCUT2D eigenvalue weighted by Gasteiger charge is -2.16. The van der Waals surface area contributed by atoms with Gasteiger partial charge in [0.05, 0.1) is 6.10 Å². The van der Waals surface area contributed by atoms with Gasteiger partial charge in [-0.3, -0.25) is 4.79 Å². The Labute approximate surface area is 91.8 Å². The first-order valence-corrected chi connectivity index (χ1v) is 5.74. The van der Waals surface area contributed by atoms with Crippen molar-refractivity contribution in [3.05, 3.63) is 0 Å². The fourth-order valence-corrected chi connectivity index (χ4v) is 1.65. The molecule has 1 saturated heterocycles. The molecule has 4 heteroatoms. The van der Waals surface area contributed by atoms with Crippen molar-refractivity contribution in [3.8, 4) is 0 Å². The van der Waals surface area contributed by atoms with Gasteiger partial charge in [0.25, 0.3) is 0 Å². The van der Waals surface area contributed by atoms with Crippen molar-refractivity contribution in [1.29, 1.82) is 0 Å². The second kappa shape index (κ2) is 6.08. The molecule has 0 aromatic heterocycles. The van der Waals surface area contributed by atoms with Crippen molar-refractivity contribution in [2.75, 3.05) is 19.7 Å². The van der Waals surface area contributed by atoms with Gasteiger partial charge in [0.2, 0.25) is 5.91 Å². The van der Waals surface area contributed by atoms with Gasteiger partial charge in [0, 0.05) is 31.7 Å². The number of nitrogens with one attached hydrogen (secondary N) is 2. The molecule has 0 aromatic carbocycles. The van der Waals surface area contributed by atoms with E-state index in [0.29, 0.717) is 18.7 Å². The van der Waals surface area contributed by atoms with Crippen LogP contribution in [0.2, 0.25) is 0 Å². The third-order valence-electron chi connectivity index (χ3n) is 2.73. The highest BCUT2D eigenvalue weighted by Gasteiger charge is 2.22. The minimum Gasteiger partial charge on any atom is -0.377 e. The number of hydrogen-bond donors (Lipinski definition) is 2. The van der Waals surface area contributed by atoms with E-state index in [1.807, 2.05) is 13.8 Å². The van der Waals surface area contributed by atoms with E-state index in [-0.39, 0.29) is 11.8 Å². The minimum atomic E-state index is 0.0683. The van der Waals surface area contributed by atoms with Gasteiger partial charge < -0.3 is 15.4 Å². The van der Waals surface area contributed by atoms with Crippen LogP contribution in [0.25, 0.3) is 0 Å². The maximum absolute atomic E-state index is 11.2. The Morgan fingerprint density at radius 2 is 2.20 bits per heavy atom. The minimum absolute atomic E-state index is 0.0683. The van der Waals surface area contributed by atoms with Crippen LogP contribution in [0.1, 0.15) is 27.2 Å². The predicted octanol–water partition coefficient (Wildman–Crippen LogP) is 0.526. The molecule has 2 unspecified atom stereocenters. The zero-order valence-corrected chi connectivity index (χ0v) is 9.88. The monoisotopic (exact) mass is 214 g/mol. The van der Waals surface area contributed by atoms with Crippen molar-refractivity contribution in [2.24, 2.45) is 5.92 Å². The summed E-state index contributed by atoms with van der Waals surface area (Å²) in [5.41, 5.74) is 0. The number of rotatable bonds is 5. The zero-order chi connectivity index (χ0) is 11.3. The maximum atomic E-state index is 11.2. The lowest BCUT2D eigenvalue weighted by molar-refractivity contribution is -0.123. The van der Waals surface area contributed by atoms with Crippen LogP contribution in [0, 0.1) is 5.92 Å². The molecule has 1 heterocycles. The van der Waals surface area contributed by atoms with Crippen LogP contribution in [-0.4, -0.2) is 37.7 Å². The molecule has 0 radical (unpaired) electrons. The summed E-state index contributed by atoms with van der Waals surface area (Å²) in [5.74, 6) is 0.186. The number of hydrogen-bond acceptors (Lipinski definition) is 3. The van der Waals surface area contributed by atoms with Gasteiger partial charge in [-0.1, -0.05) is 13.8 Å². The molecule has 1 fully saturated rings. The first-order chi connectivity index (χ1) is 7.11. The highest BCUT2D eigenvalue weighted by atomic mass is 16.5. The van der Waals surface area contributed by atoms with Gasteiger partial charge in [-0.2, -0.15) is 0 Å². The molecule has 0 aromatic rings. The quantitative estimate of drug-likeness (QED) is 0.656. The fourth-order valence-electron chi connectivity index (χ4n) is 1.65. The van der Waals surface area contributed by atoms with Crippen LogP contribution in [-0.2, 0) is 9.53 Å². The van der Waals surface area contributed by atoms with Gasteiger partial charge in [0.1, 0.15) is 0 Å². The highest BCUT2D eigenvalue weighted by molar-refractivity contribution is 5.77. The molecule has 0 bridgehead atoms. The van der Waals surface area contributed by atoms with E-state index >= 15 is 0 Å². The van der Waals surface area contributed by atoms with Crippen LogP contribution in [0.15, 0.2) is 0 Å². The van der Waals surface area contributed by atoms with E-state index in [1.165, 1.54) is 0 Å². The molecule has 1 rings (SSSR count). The number of carbonyl (C=O) groups is 1. The molecule has 0 aliphatic carbocycles. The second-order valence-electron chi connectivity index (χ2n) is 4.37. The summed E-state index contributed by atoms with van der Waals surface area (Å²) < 4.78 is 5.43. The summed E-state index contributed by atoms with van der Waals surface area (Å²) in [6.45, 7) is 8.23. The first kappa shape index (κ1) is 12.5. The van der Waals surface area contributed by atoms with Crippen LogP contribution in [0.4, 0.5) is 0 Å². The summed E-state index contributed by atoms with van der Waals surface area (Å²) in [4.78, 5) is 11.2. The van der Waals surface area contributed by atoms with E-state index < -0.39 is 0 Å². The Bertz CT molecular complexity index is 207. The normalized spacial score (nSPS) is 25.9. The van der Waals surface area contributed by atoms with Crippen molar-refractivity contribution in [3.63, 3.8) is 0 Å². The van der Waals surface area contributed by atoms with Crippen molar-refractivity contribution in [2.45, 2.75) is 39.3 Å². The molecule has 15 heavy (non-hydrogen) atoms. The number of ether oxygens (including phenoxy) is 1. The van der Waals surface area contributed by atoms with Crippen molar-refractivity contribution >= 4 is 5.91 Å². The predicted molar refractivity (Wildman–Crippen MR) is 59.7 cm³/mol. The molecule has 1 aliphatic rings. The summed E-state index contributed by atoms with van der Waals surface area (Å²) in [6.07, 6.45) is 1.37. The molecule has 0 spiro atoms. The lowest BCUT2D eigenvalue weighted by atomic mass is 10.1. The lowest BCUT2D eigenvalue weighted by Crippen LogP contribution is -2.40. The molecule has 4 nitrogen and oxygen atoms in total. The van der Waals surface area contributed by atoms with Crippen LogP contribution < -0.4 is 10.6 Å². The summed E-state index contributed by atoms with van der Waals surface area (Å²) in [7, 11) is 0. The average Bonchev–Trinajstić information content (AvgIpc) is 2.58. The van der Waals surface area contributed by atoms with Gasteiger partial charge in [-0.05, 0) is 13.3 Å². The van der Waals surface area contributed by atoms with Crippen molar-refractivity contribution < 1.29 is 9.53 Å². The second-order valence-corrected chi connectivity index (χ2v) is 4.37. The maximum Gasteiger partial charge on any atom is 0.222 e. The zero-order valence-electron chi connectivity index (χ0n) is 9.88.